The predicted octanol–water partition coefficient (Wildman–Crippen LogP) is 5.63. The van der Waals surface area contributed by atoms with E-state index in [1.807, 2.05) is 0 Å². The molecule has 6 heteroatoms. The van der Waals surface area contributed by atoms with E-state index in [1.54, 1.807) is 30.3 Å². The first-order chi connectivity index (χ1) is 11.1. The predicted molar refractivity (Wildman–Crippen MR) is 87.1 cm³/mol. The molecule has 0 aliphatic carbocycles. The first kappa shape index (κ1) is 16.0. The summed E-state index contributed by atoms with van der Waals surface area (Å²) in [6.07, 6.45) is 2.98. The van der Waals surface area contributed by atoms with Gasteiger partial charge in [-0.2, -0.15) is 0 Å². The second-order valence-electron chi connectivity index (χ2n) is 5.08. The molecule has 2 nitrogen and oxygen atoms in total. The van der Waals surface area contributed by atoms with E-state index in [9.17, 15) is 4.39 Å². The summed E-state index contributed by atoms with van der Waals surface area (Å²) in [4.78, 5) is 3.87. The number of alkyl halides is 1. The first-order valence-corrected chi connectivity index (χ1v) is 7.64. The van der Waals surface area contributed by atoms with Gasteiger partial charge in [0.05, 0.1) is 12.2 Å². The zero-order chi connectivity index (χ0) is 16.4. The maximum Gasteiger partial charge on any atom is 0.187 e. The van der Waals surface area contributed by atoms with Gasteiger partial charge in [-0.25, -0.2) is 13.8 Å². The smallest absolute Gasteiger partial charge is 0.187 e. The van der Waals surface area contributed by atoms with Gasteiger partial charge in [-0.15, -0.1) is 0 Å². The van der Waals surface area contributed by atoms with Crippen LogP contribution in [0.5, 0.6) is 0 Å². The number of imidazole rings is 1. The van der Waals surface area contributed by atoms with Gasteiger partial charge in [-0.3, -0.25) is 0 Å². The third-order valence-corrected chi connectivity index (χ3v) is 4.17. The van der Waals surface area contributed by atoms with Crippen molar-refractivity contribution in [2.24, 2.45) is 0 Å². The van der Waals surface area contributed by atoms with Crippen LogP contribution in [0.25, 0.3) is 0 Å². The molecule has 0 radical (unpaired) electrons. The van der Waals surface area contributed by atoms with Gasteiger partial charge in [-0.05, 0) is 35.4 Å². The van der Waals surface area contributed by atoms with E-state index in [0.717, 1.165) is 0 Å². The van der Waals surface area contributed by atoms with Crippen LogP contribution in [0.2, 0.25) is 10.0 Å². The van der Waals surface area contributed by atoms with E-state index in [2.05, 4.69) is 4.98 Å². The Labute approximate surface area is 142 Å². The lowest BCUT2D eigenvalue weighted by molar-refractivity contribution is 0.214. The summed E-state index contributed by atoms with van der Waals surface area (Å²) in [5.74, 6) is -1.10. The highest BCUT2D eigenvalue weighted by molar-refractivity contribution is 6.35. The van der Waals surface area contributed by atoms with E-state index in [0.29, 0.717) is 21.2 Å². The summed E-state index contributed by atoms with van der Waals surface area (Å²) in [7, 11) is 0. The topological polar surface area (TPSA) is 17.8 Å². The lowest BCUT2D eigenvalue weighted by Gasteiger charge is -2.24. The quantitative estimate of drug-likeness (QED) is 0.594. The van der Waals surface area contributed by atoms with Crippen molar-refractivity contribution in [2.75, 3.05) is 0 Å². The molecule has 0 aliphatic heterocycles. The van der Waals surface area contributed by atoms with Crippen molar-refractivity contribution < 1.29 is 8.78 Å². The minimum atomic E-state index is -1.44. The molecule has 3 aromatic rings. The lowest BCUT2D eigenvalue weighted by Crippen LogP contribution is -2.15. The van der Waals surface area contributed by atoms with Crippen LogP contribution in [0.4, 0.5) is 8.78 Å². The molecule has 2 unspecified atom stereocenters. The van der Waals surface area contributed by atoms with Crippen LogP contribution < -0.4 is 0 Å². The largest absolute Gasteiger partial charge is 0.306 e. The average molecular weight is 353 g/mol. The molecule has 0 aliphatic rings. The van der Waals surface area contributed by atoms with Crippen LogP contribution in [-0.2, 0) is 0 Å². The van der Waals surface area contributed by atoms with Gasteiger partial charge in [0.25, 0.3) is 0 Å². The number of rotatable bonds is 4. The third-order valence-electron chi connectivity index (χ3n) is 3.61. The standard InChI is InChI=1S/C17H12Cl2F2N2/c18-12-3-6-14(15(19)9-12)16(11-1-4-13(20)5-2-11)17(21)23-8-7-22-10-23/h1-10,16-17H. The van der Waals surface area contributed by atoms with Crippen LogP contribution in [0.3, 0.4) is 0 Å². The summed E-state index contributed by atoms with van der Waals surface area (Å²) in [5, 5.41) is 0.823. The number of benzene rings is 2. The van der Waals surface area contributed by atoms with Gasteiger partial charge in [0, 0.05) is 22.4 Å². The molecule has 0 saturated heterocycles. The van der Waals surface area contributed by atoms with Gasteiger partial charge < -0.3 is 4.57 Å². The molecule has 0 N–H and O–H groups in total. The Morgan fingerprint density at radius 1 is 1.04 bits per heavy atom. The van der Waals surface area contributed by atoms with Gasteiger partial charge in [-0.1, -0.05) is 41.4 Å². The second-order valence-corrected chi connectivity index (χ2v) is 5.92. The molecular formula is C17H12Cl2F2N2. The van der Waals surface area contributed by atoms with Crippen LogP contribution >= 0.6 is 23.2 Å². The Morgan fingerprint density at radius 3 is 2.39 bits per heavy atom. The average Bonchev–Trinajstić information content (AvgIpc) is 3.05. The van der Waals surface area contributed by atoms with Crippen molar-refractivity contribution >= 4 is 23.2 Å². The van der Waals surface area contributed by atoms with Gasteiger partial charge in [0.1, 0.15) is 5.82 Å². The molecule has 1 aromatic heterocycles. The highest BCUT2D eigenvalue weighted by Gasteiger charge is 2.28. The molecule has 2 aromatic carbocycles. The number of halogens is 4. The Morgan fingerprint density at radius 2 is 1.78 bits per heavy atom. The zero-order valence-corrected chi connectivity index (χ0v) is 13.3. The van der Waals surface area contributed by atoms with E-state index >= 15 is 4.39 Å². The Kier molecular flexibility index (Phi) is 4.64. The normalized spacial score (nSPS) is 13.7. The Bertz CT molecular complexity index is 789. The molecule has 118 valence electrons. The van der Waals surface area contributed by atoms with Crippen LogP contribution in [0.1, 0.15) is 23.3 Å². The number of hydrogen-bond donors (Lipinski definition) is 0. The van der Waals surface area contributed by atoms with E-state index in [-0.39, 0.29) is 5.82 Å². The lowest BCUT2D eigenvalue weighted by atomic mass is 9.90. The second kappa shape index (κ2) is 6.69. The zero-order valence-electron chi connectivity index (χ0n) is 11.8. The fourth-order valence-corrected chi connectivity index (χ4v) is 3.02. The van der Waals surface area contributed by atoms with Crippen molar-refractivity contribution in [3.8, 4) is 0 Å². The Hall–Kier alpha value is -1.91. The van der Waals surface area contributed by atoms with Crippen molar-refractivity contribution in [3.05, 3.63) is 88.2 Å². The van der Waals surface area contributed by atoms with Gasteiger partial charge >= 0.3 is 0 Å². The molecular weight excluding hydrogens is 341 g/mol. The molecule has 0 fully saturated rings. The number of hydrogen-bond acceptors (Lipinski definition) is 1. The highest BCUT2D eigenvalue weighted by atomic mass is 35.5. The summed E-state index contributed by atoms with van der Waals surface area (Å²) >= 11 is 12.2. The summed E-state index contributed by atoms with van der Waals surface area (Å²) in [5.41, 5.74) is 1.18. The number of nitrogens with zero attached hydrogens (tertiary/aromatic N) is 2. The third kappa shape index (κ3) is 3.38. The fraction of sp³-hybridized carbons (Fsp3) is 0.118. The van der Waals surface area contributed by atoms with E-state index < -0.39 is 12.2 Å². The molecule has 0 spiro atoms. The maximum absolute atomic E-state index is 15.1. The molecule has 23 heavy (non-hydrogen) atoms. The first-order valence-electron chi connectivity index (χ1n) is 6.88. The molecule has 0 saturated carbocycles. The van der Waals surface area contributed by atoms with Crippen molar-refractivity contribution in [1.82, 2.24) is 9.55 Å². The van der Waals surface area contributed by atoms with Gasteiger partial charge in [0.15, 0.2) is 6.30 Å². The minimum absolute atomic E-state index is 0.356. The molecule has 0 bridgehead atoms. The molecule has 0 amide bonds. The van der Waals surface area contributed by atoms with Crippen molar-refractivity contribution in [1.29, 1.82) is 0 Å². The van der Waals surface area contributed by atoms with E-state index in [1.165, 1.54) is 35.4 Å². The minimum Gasteiger partial charge on any atom is -0.306 e. The fourth-order valence-electron chi connectivity index (χ4n) is 2.50. The molecule has 1 heterocycles. The number of aromatic nitrogens is 2. The van der Waals surface area contributed by atoms with Crippen LogP contribution in [-0.4, -0.2) is 9.55 Å². The SMILES string of the molecule is Fc1ccc(C(c2ccc(Cl)cc2Cl)C(F)n2ccnc2)cc1. The monoisotopic (exact) mass is 352 g/mol. The van der Waals surface area contributed by atoms with Crippen molar-refractivity contribution in [2.45, 2.75) is 12.2 Å². The summed E-state index contributed by atoms with van der Waals surface area (Å²) in [6, 6.07) is 10.6. The molecule has 2 atom stereocenters. The highest BCUT2D eigenvalue weighted by Crippen LogP contribution is 2.40. The molecule has 3 rings (SSSR count). The van der Waals surface area contributed by atoms with Crippen molar-refractivity contribution in [3.63, 3.8) is 0 Å². The van der Waals surface area contributed by atoms with Gasteiger partial charge in [0.2, 0.25) is 0 Å². The van der Waals surface area contributed by atoms with Crippen LogP contribution in [0, 0.1) is 5.82 Å². The summed E-state index contributed by atoms with van der Waals surface area (Å²) in [6.45, 7) is 0. The summed E-state index contributed by atoms with van der Waals surface area (Å²) < 4.78 is 29.7. The van der Waals surface area contributed by atoms with E-state index in [4.69, 9.17) is 23.2 Å². The van der Waals surface area contributed by atoms with Crippen LogP contribution in [0.15, 0.2) is 61.2 Å². The Balaban J connectivity index is 2.11. The maximum atomic E-state index is 15.1.